The third-order valence-corrected chi connectivity index (χ3v) is 3.54. The predicted molar refractivity (Wildman–Crippen MR) is 78.9 cm³/mol. The number of likely N-dealkylation sites (tertiary alicyclic amines) is 1. The molecule has 114 valence electrons. The highest BCUT2D eigenvalue weighted by atomic mass is 16.2. The van der Waals surface area contributed by atoms with Crippen molar-refractivity contribution in [2.24, 2.45) is 5.73 Å². The van der Waals surface area contributed by atoms with Gasteiger partial charge in [0.2, 0.25) is 11.8 Å². The van der Waals surface area contributed by atoms with Gasteiger partial charge in [0.25, 0.3) is 0 Å². The molecule has 2 amide bonds. The second kappa shape index (κ2) is 6.53. The summed E-state index contributed by atoms with van der Waals surface area (Å²) in [5.41, 5.74) is 12.0. The van der Waals surface area contributed by atoms with Crippen LogP contribution in [0.25, 0.3) is 0 Å². The zero-order chi connectivity index (χ0) is 15.4. The van der Waals surface area contributed by atoms with Crippen molar-refractivity contribution < 1.29 is 9.59 Å². The zero-order valence-corrected chi connectivity index (χ0v) is 12.1. The van der Waals surface area contributed by atoms with Crippen LogP contribution in [0.15, 0.2) is 18.3 Å². The van der Waals surface area contributed by atoms with Crippen molar-refractivity contribution >= 4 is 17.6 Å². The maximum atomic E-state index is 12.2. The third kappa shape index (κ3) is 3.69. The van der Waals surface area contributed by atoms with Crippen LogP contribution in [0, 0.1) is 0 Å². The van der Waals surface area contributed by atoms with Gasteiger partial charge in [0.1, 0.15) is 11.9 Å². The number of nitrogens with one attached hydrogen (secondary N) is 1. The first-order valence-electron chi connectivity index (χ1n) is 7.03. The lowest BCUT2D eigenvalue weighted by Gasteiger charge is -2.25. The lowest BCUT2D eigenvalue weighted by molar-refractivity contribution is -0.139. The SMILES string of the molecule is C[C@H](N)C(=O)N1CCC[C@H]1C(=O)NCc1ccc(N)nc1. The van der Waals surface area contributed by atoms with Crippen LogP contribution in [0.4, 0.5) is 5.82 Å². The molecule has 2 atom stereocenters. The van der Waals surface area contributed by atoms with Gasteiger partial charge in [-0.25, -0.2) is 4.98 Å². The first-order valence-corrected chi connectivity index (χ1v) is 7.03. The van der Waals surface area contributed by atoms with Crippen molar-refractivity contribution in [3.8, 4) is 0 Å². The Hall–Kier alpha value is -2.15. The lowest BCUT2D eigenvalue weighted by atomic mass is 10.2. The fourth-order valence-corrected chi connectivity index (χ4v) is 2.41. The van der Waals surface area contributed by atoms with Crippen LogP contribution in [0.1, 0.15) is 25.3 Å². The van der Waals surface area contributed by atoms with Gasteiger partial charge in [0.15, 0.2) is 0 Å². The molecule has 1 aromatic heterocycles. The molecule has 0 aliphatic carbocycles. The maximum absolute atomic E-state index is 12.2. The summed E-state index contributed by atoms with van der Waals surface area (Å²) >= 11 is 0. The van der Waals surface area contributed by atoms with Gasteiger partial charge >= 0.3 is 0 Å². The minimum atomic E-state index is -0.584. The molecule has 0 spiro atoms. The summed E-state index contributed by atoms with van der Waals surface area (Å²) in [6, 6.07) is 2.48. The molecule has 7 nitrogen and oxygen atoms in total. The molecule has 21 heavy (non-hydrogen) atoms. The Bertz CT molecular complexity index is 515. The van der Waals surface area contributed by atoms with Crippen LogP contribution < -0.4 is 16.8 Å². The van der Waals surface area contributed by atoms with Crippen LogP contribution in [0.2, 0.25) is 0 Å². The number of pyridine rings is 1. The topological polar surface area (TPSA) is 114 Å². The monoisotopic (exact) mass is 291 g/mol. The van der Waals surface area contributed by atoms with Gasteiger partial charge < -0.3 is 21.7 Å². The van der Waals surface area contributed by atoms with E-state index in [0.29, 0.717) is 25.3 Å². The van der Waals surface area contributed by atoms with E-state index in [2.05, 4.69) is 10.3 Å². The Morgan fingerprint density at radius 1 is 1.52 bits per heavy atom. The van der Waals surface area contributed by atoms with Crippen molar-refractivity contribution in [2.75, 3.05) is 12.3 Å². The molecular weight excluding hydrogens is 270 g/mol. The van der Waals surface area contributed by atoms with Gasteiger partial charge in [-0.05, 0) is 31.4 Å². The Labute approximate surface area is 123 Å². The lowest BCUT2D eigenvalue weighted by Crippen LogP contribution is -2.50. The third-order valence-electron chi connectivity index (χ3n) is 3.54. The van der Waals surface area contributed by atoms with E-state index < -0.39 is 12.1 Å². The van der Waals surface area contributed by atoms with Crippen molar-refractivity contribution in [1.29, 1.82) is 0 Å². The fourth-order valence-electron chi connectivity index (χ4n) is 2.41. The summed E-state index contributed by atoms with van der Waals surface area (Å²) < 4.78 is 0. The molecule has 1 saturated heterocycles. The largest absolute Gasteiger partial charge is 0.384 e. The van der Waals surface area contributed by atoms with E-state index in [1.807, 2.05) is 6.07 Å². The van der Waals surface area contributed by atoms with Crippen molar-refractivity contribution in [2.45, 2.75) is 38.4 Å². The molecule has 1 aliphatic heterocycles. The highest BCUT2D eigenvalue weighted by Gasteiger charge is 2.34. The molecule has 0 saturated carbocycles. The second-order valence-electron chi connectivity index (χ2n) is 5.29. The van der Waals surface area contributed by atoms with Gasteiger partial charge in [-0.2, -0.15) is 0 Å². The summed E-state index contributed by atoms with van der Waals surface area (Å²) in [5.74, 6) is 0.106. The van der Waals surface area contributed by atoms with E-state index in [-0.39, 0.29) is 11.8 Å². The van der Waals surface area contributed by atoms with Gasteiger partial charge in [0.05, 0.1) is 6.04 Å². The van der Waals surface area contributed by atoms with Gasteiger partial charge in [-0.1, -0.05) is 6.07 Å². The number of nitrogens with two attached hydrogens (primary N) is 2. The molecule has 0 bridgehead atoms. The Morgan fingerprint density at radius 3 is 2.90 bits per heavy atom. The Balaban J connectivity index is 1.93. The number of aromatic nitrogens is 1. The highest BCUT2D eigenvalue weighted by Crippen LogP contribution is 2.18. The Morgan fingerprint density at radius 2 is 2.29 bits per heavy atom. The van der Waals surface area contributed by atoms with Crippen molar-refractivity contribution in [3.05, 3.63) is 23.9 Å². The van der Waals surface area contributed by atoms with E-state index in [4.69, 9.17) is 11.5 Å². The molecule has 2 heterocycles. The van der Waals surface area contributed by atoms with Crippen LogP contribution in [-0.4, -0.2) is 40.3 Å². The van der Waals surface area contributed by atoms with Crippen LogP contribution in [0.5, 0.6) is 0 Å². The summed E-state index contributed by atoms with van der Waals surface area (Å²) in [7, 11) is 0. The fraction of sp³-hybridized carbons (Fsp3) is 0.500. The van der Waals surface area contributed by atoms with Crippen LogP contribution in [0.3, 0.4) is 0 Å². The second-order valence-corrected chi connectivity index (χ2v) is 5.29. The average molecular weight is 291 g/mol. The predicted octanol–water partition coefficient (Wildman–Crippen LogP) is -0.382. The number of anilines is 1. The first-order chi connectivity index (χ1) is 9.99. The van der Waals surface area contributed by atoms with E-state index in [1.54, 1.807) is 24.1 Å². The van der Waals surface area contributed by atoms with E-state index in [9.17, 15) is 9.59 Å². The minimum Gasteiger partial charge on any atom is -0.384 e. The standard InChI is InChI=1S/C14H21N5O2/c1-9(15)14(21)19-6-2-3-11(19)13(20)18-8-10-4-5-12(16)17-7-10/h4-5,7,9,11H,2-3,6,8,15H2,1H3,(H2,16,17)(H,18,20)/t9-,11-/m0/s1. The number of rotatable bonds is 4. The molecular formula is C14H21N5O2. The smallest absolute Gasteiger partial charge is 0.243 e. The molecule has 1 aliphatic rings. The number of hydrogen-bond acceptors (Lipinski definition) is 5. The van der Waals surface area contributed by atoms with Gasteiger partial charge in [-0.3, -0.25) is 9.59 Å². The van der Waals surface area contributed by atoms with Gasteiger partial charge in [0, 0.05) is 19.3 Å². The number of nitrogen functional groups attached to an aromatic ring is 1. The van der Waals surface area contributed by atoms with Crippen molar-refractivity contribution in [3.63, 3.8) is 0 Å². The van der Waals surface area contributed by atoms with Crippen molar-refractivity contribution in [1.82, 2.24) is 15.2 Å². The Kier molecular flexibility index (Phi) is 4.74. The summed E-state index contributed by atoms with van der Waals surface area (Å²) in [6.45, 7) is 2.58. The summed E-state index contributed by atoms with van der Waals surface area (Å²) in [6.07, 6.45) is 3.11. The number of nitrogens with zero attached hydrogens (tertiary/aromatic N) is 2. The van der Waals surface area contributed by atoms with E-state index >= 15 is 0 Å². The average Bonchev–Trinajstić information content (AvgIpc) is 2.94. The molecule has 7 heteroatoms. The molecule has 5 N–H and O–H groups in total. The maximum Gasteiger partial charge on any atom is 0.243 e. The molecule has 2 rings (SSSR count). The molecule has 0 radical (unpaired) electrons. The molecule has 0 aromatic carbocycles. The zero-order valence-electron chi connectivity index (χ0n) is 12.1. The molecule has 1 aromatic rings. The van der Waals surface area contributed by atoms with Crippen LogP contribution in [-0.2, 0) is 16.1 Å². The van der Waals surface area contributed by atoms with E-state index in [0.717, 1.165) is 12.0 Å². The summed E-state index contributed by atoms with van der Waals surface area (Å²) in [4.78, 5) is 29.7. The summed E-state index contributed by atoms with van der Waals surface area (Å²) in [5, 5.41) is 2.83. The van der Waals surface area contributed by atoms with Crippen LogP contribution >= 0.6 is 0 Å². The quantitative estimate of drug-likeness (QED) is 0.699. The highest BCUT2D eigenvalue weighted by molar-refractivity contribution is 5.90. The number of carbonyl (C=O) groups is 2. The number of hydrogen-bond donors (Lipinski definition) is 3. The first kappa shape index (κ1) is 15.2. The molecule has 0 unspecified atom stereocenters. The number of carbonyl (C=O) groups excluding carboxylic acids is 2. The van der Waals surface area contributed by atoms with E-state index in [1.165, 1.54) is 0 Å². The number of amides is 2. The molecule has 1 fully saturated rings. The minimum absolute atomic E-state index is 0.154. The normalized spacial score (nSPS) is 19.3. The van der Waals surface area contributed by atoms with Gasteiger partial charge in [-0.15, -0.1) is 0 Å².